The summed E-state index contributed by atoms with van der Waals surface area (Å²) in [7, 11) is 1.58. The molecule has 1 aromatic heterocycles. The number of methoxy groups -OCH3 is 1. The van der Waals surface area contributed by atoms with E-state index in [1.165, 1.54) is 11.3 Å². The smallest absolute Gasteiger partial charge is 0.120 e. The lowest BCUT2D eigenvalue weighted by Crippen LogP contribution is -1.99. The fraction of sp³-hybridized carbons (Fsp3) is 0.154. The van der Waals surface area contributed by atoms with Crippen LogP contribution in [-0.4, -0.2) is 12.2 Å². The highest BCUT2D eigenvalue weighted by atomic mass is 32.1. The second-order valence-electron chi connectivity index (χ2n) is 3.66. The second-order valence-corrected chi connectivity index (χ2v) is 4.57. The highest BCUT2D eigenvalue weighted by molar-refractivity contribution is 7.11. The molecule has 0 saturated heterocycles. The summed E-state index contributed by atoms with van der Waals surface area (Å²) in [5, 5.41) is 23.5. The summed E-state index contributed by atoms with van der Waals surface area (Å²) in [5.41, 5.74) is 1.62. The number of nitriles is 1. The van der Waals surface area contributed by atoms with Crippen molar-refractivity contribution in [2.45, 2.75) is 6.54 Å². The number of hydrogen-bond acceptors (Lipinski definition) is 5. The highest BCUT2D eigenvalue weighted by Gasteiger charge is 2.04. The van der Waals surface area contributed by atoms with Crippen LogP contribution in [-0.2, 0) is 6.54 Å². The average molecular weight is 260 g/mol. The molecule has 0 amide bonds. The summed E-state index contributed by atoms with van der Waals surface area (Å²) < 4.78 is 5.10. The predicted molar refractivity (Wildman–Crippen MR) is 71.0 cm³/mol. The Morgan fingerprint density at radius 3 is 2.94 bits per heavy atom. The van der Waals surface area contributed by atoms with Crippen molar-refractivity contribution in [2.75, 3.05) is 12.4 Å². The van der Waals surface area contributed by atoms with Crippen LogP contribution in [0.2, 0.25) is 0 Å². The number of ether oxygens (including phenoxy) is 1. The number of nitrogens with one attached hydrogen (secondary N) is 1. The summed E-state index contributed by atoms with van der Waals surface area (Å²) in [5.74, 6) is 0.923. The maximum atomic E-state index is 9.71. The van der Waals surface area contributed by atoms with Gasteiger partial charge in [0.25, 0.3) is 0 Å². The number of phenolic OH excluding ortho intramolecular Hbond substituents is 1. The van der Waals surface area contributed by atoms with Crippen molar-refractivity contribution in [1.82, 2.24) is 0 Å². The molecule has 0 fully saturated rings. The zero-order valence-electron chi connectivity index (χ0n) is 9.80. The molecular formula is C13H12N2O2S. The van der Waals surface area contributed by atoms with Crippen LogP contribution in [0.4, 0.5) is 5.69 Å². The topological polar surface area (TPSA) is 65.3 Å². The minimum absolute atomic E-state index is 0.221. The van der Waals surface area contributed by atoms with E-state index in [4.69, 9.17) is 10.00 Å². The SMILES string of the molecule is COc1ccc(O)c(CNc2csc(C#N)c2)c1. The first-order valence-electron chi connectivity index (χ1n) is 5.31. The summed E-state index contributed by atoms with van der Waals surface area (Å²) in [6.45, 7) is 0.477. The third-order valence-electron chi connectivity index (χ3n) is 2.48. The minimum atomic E-state index is 0.221. The molecule has 0 spiro atoms. The van der Waals surface area contributed by atoms with Gasteiger partial charge < -0.3 is 15.2 Å². The maximum Gasteiger partial charge on any atom is 0.120 e. The molecule has 1 heterocycles. The van der Waals surface area contributed by atoms with Crippen molar-refractivity contribution >= 4 is 17.0 Å². The molecule has 0 aliphatic heterocycles. The molecule has 2 aromatic rings. The number of rotatable bonds is 4. The van der Waals surface area contributed by atoms with E-state index >= 15 is 0 Å². The lowest BCUT2D eigenvalue weighted by atomic mass is 10.2. The summed E-state index contributed by atoms with van der Waals surface area (Å²) >= 11 is 1.39. The van der Waals surface area contributed by atoms with Gasteiger partial charge in [-0.15, -0.1) is 11.3 Å². The third-order valence-corrected chi connectivity index (χ3v) is 3.31. The van der Waals surface area contributed by atoms with Gasteiger partial charge >= 0.3 is 0 Å². The first-order valence-corrected chi connectivity index (χ1v) is 6.19. The Balaban J connectivity index is 2.08. The van der Waals surface area contributed by atoms with Crippen LogP contribution in [0.15, 0.2) is 29.6 Å². The minimum Gasteiger partial charge on any atom is -0.508 e. The Labute approximate surface area is 109 Å². The van der Waals surface area contributed by atoms with E-state index in [0.717, 1.165) is 11.3 Å². The monoisotopic (exact) mass is 260 g/mol. The van der Waals surface area contributed by atoms with Gasteiger partial charge in [0.15, 0.2) is 0 Å². The molecule has 0 bridgehead atoms. The van der Waals surface area contributed by atoms with Crippen LogP contribution >= 0.6 is 11.3 Å². The maximum absolute atomic E-state index is 9.71. The fourth-order valence-corrected chi connectivity index (χ4v) is 2.17. The summed E-state index contributed by atoms with van der Waals surface area (Å²) in [4.78, 5) is 0.660. The number of aromatic hydroxyl groups is 1. The van der Waals surface area contributed by atoms with Crippen LogP contribution in [0.5, 0.6) is 11.5 Å². The Morgan fingerprint density at radius 1 is 1.44 bits per heavy atom. The van der Waals surface area contributed by atoms with Gasteiger partial charge in [0.05, 0.1) is 7.11 Å². The summed E-state index contributed by atoms with van der Waals surface area (Å²) in [6, 6.07) is 8.95. The molecule has 92 valence electrons. The van der Waals surface area contributed by atoms with Crippen LogP contribution in [0.25, 0.3) is 0 Å². The fourth-order valence-electron chi connectivity index (χ4n) is 1.52. The number of hydrogen-bond donors (Lipinski definition) is 2. The Hall–Kier alpha value is -2.19. The third kappa shape index (κ3) is 2.73. The second kappa shape index (κ2) is 5.43. The van der Waals surface area contributed by atoms with E-state index < -0.39 is 0 Å². The normalized spacial score (nSPS) is 9.78. The highest BCUT2D eigenvalue weighted by Crippen LogP contribution is 2.25. The van der Waals surface area contributed by atoms with Gasteiger partial charge in [-0.3, -0.25) is 0 Å². The Kier molecular flexibility index (Phi) is 3.70. The Bertz CT molecular complexity index is 587. The number of anilines is 1. The number of phenols is 1. The van der Waals surface area contributed by atoms with E-state index in [0.29, 0.717) is 17.2 Å². The molecule has 1 aromatic carbocycles. The quantitative estimate of drug-likeness (QED) is 0.887. The van der Waals surface area contributed by atoms with E-state index in [1.807, 2.05) is 5.38 Å². The van der Waals surface area contributed by atoms with E-state index in [2.05, 4.69) is 11.4 Å². The number of benzene rings is 1. The van der Waals surface area contributed by atoms with Crippen molar-refractivity contribution in [3.05, 3.63) is 40.1 Å². The van der Waals surface area contributed by atoms with Crippen molar-refractivity contribution in [2.24, 2.45) is 0 Å². The molecule has 0 saturated carbocycles. The lowest BCUT2D eigenvalue weighted by molar-refractivity contribution is 0.411. The van der Waals surface area contributed by atoms with Crippen molar-refractivity contribution in [1.29, 1.82) is 5.26 Å². The van der Waals surface area contributed by atoms with Gasteiger partial charge in [0.1, 0.15) is 22.4 Å². The molecule has 2 N–H and O–H groups in total. The van der Waals surface area contributed by atoms with Crippen molar-refractivity contribution < 1.29 is 9.84 Å². The zero-order chi connectivity index (χ0) is 13.0. The van der Waals surface area contributed by atoms with E-state index in [1.54, 1.807) is 31.4 Å². The van der Waals surface area contributed by atoms with Crippen molar-refractivity contribution in [3.8, 4) is 17.6 Å². The number of nitrogens with zero attached hydrogens (tertiary/aromatic N) is 1. The summed E-state index contributed by atoms with van der Waals surface area (Å²) in [6.07, 6.45) is 0. The molecule has 0 radical (unpaired) electrons. The molecular weight excluding hydrogens is 248 g/mol. The van der Waals surface area contributed by atoms with Gasteiger partial charge in [-0.05, 0) is 24.3 Å². The molecule has 0 atom stereocenters. The van der Waals surface area contributed by atoms with E-state index in [9.17, 15) is 5.11 Å². The zero-order valence-corrected chi connectivity index (χ0v) is 10.6. The standard InChI is InChI=1S/C13H12N2O2S/c1-17-11-2-3-13(16)9(4-11)7-15-10-5-12(6-14)18-8-10/h2-5,8,15-16H,7H2,1H3. The predicted octanol–water partition coefficient (Wildman–Crippen LogP) is 2.95. The molecule has 2 rings (SSSR count). The van der Waals surface area contributed by atoms with Crippen LogP contribution in [0.1, 0.15) is 10.4 Å². The average Bonchev–Trinajstić information content (AvgIpc) is 2.86. The number of thiophene rings is 1. The van der Waals surface area contributed by atoms with Crippen LogP contribution in [0.3, 0.4) is 0 Å². The first kappa shape index (κ1) is 12.3. The lowest BCUT2D eigenvalue weighted by Gasteiger charge is -2.08. The van der Waals surface area contributed by atoms with Crippen molar-refractivity contribution in [3.63, 3.8) is 0 Å². The molecule has 18 heavy (non-hydrogen) atoms. The largest absolute Gasteiger partial charge is 0.508 e. The van der Waals surface area contributed by atoms with Gasteiger partial charge in [-0.2, -0.15) is 5.26 Å². The van der Waals surface area contributed by atoms with Gasteiger partial charge in [-0.1, -0.05) is 0 Å². The van der Waals surface area contributed by atoms with Gasteiger partial charge in [0, 0.05) is 23.2 Å². The molecule has 4 nitrogen and oxygen atoms in total. The van der Waals surface area contributed by atoms with Gasteiger partial charge in [0.2, 0.25) is 0 Å². The van der Waals surface area contributed by atoms with E-state index in [-0.39, 0.29) is 5.75 Å². The molecule has 0 aliphatic carbocycles. The first-order chi connectivity index (χ1) is 8.72. The van der Waals surface area contributed by atoms with Crippen LogP contribution in [0, 0.1) is 11.3 Å². The molecule has 5 heteroatoms. The molecule has 0 aliphatic rings. The van der Waals surface area contributed by atoms with Gasteiger partial charge in [-0.25, -0.2) is 0 Å². The Morgan fingerprint density at radius 2 is 2.28 bits per heavy atom. The molecule has 0 unspecified atom stereocenters. The van der Waals surface area contributed by atoms with Crippen LogP contribution < -0.4 is 10.1 Å².